The number of amides is 2. The molecule has 0 bridgehead atoms. The molecule has 1 saturated heterocycles. The van der Waals surface area contributed by atoms with Crippen LogP contribution >= 0.6 is 0 Å². The highest BCUT2D eigenvalue weighted by Gasteiger charge is 2.20. The number of ether oxygens (including phenoxy) is 2. The number of methoxy groups -OCH3 is 1. The zero-order valence-electron chi connectivity index (χ0n) is 15.0. The van der Waals surface area contributed by atoms with Gasteiger partial charge in [-0.3, -0.25) is 9.59 Å². The van der Waals surface area contributed by atoms with E-state index in [1.165, 1.54) is 19.2 Å². The van der Waals surface area contributed by atoms with E-state index in [1.54, 1.807) is 35.2 Å². The van der Waals surface area contributed by atoms with E-state index >= 15 is 0 Å². The zero-order chi connectivity index (χ0) is 19.2. The van der Waals surface area contributed by atoms with E-state index in [0.717, 1.165) is 0 Å². The van der Waals surface area contributed by atoms with E-state index in [2.05, 4.69) is 5.32 Å². The molecule has 1 aliphatic rings. The van der Waals surface area contributed by atoms with Crippen molar-refractivity contribution in [3.8, 4) is 5.75 Å². The molecular weight excluding hydrogens is 351 g/mol. The molecule has 0 aromatic heterocycles. The lowest BCUT2D eigenvalue weighted by Gasteiger charge is -2.27. The number of hydrogen-bond acceptors (Lipinski definition) is 4. The fraction of sp³-hybridized carbons (Fsp3) is 0.300. The molecule has 0 unspecified atom stereocenters. The van der Waals surface area contributed by atoms with Gasteiger partial charge in [0.15, 0.2) is 0 Å². The standard InChI is InChI=1S/C20H21FN2O4/c1-26-18-7-4-15(20(25)23-8-10-27-11-9-23)13-17(18)22-19(24)12-14-2-5-16(21)6-3-14/h2-7,13H,8-12H2,1H3,(H,22,24). The fourth-order valence-electron chi connectivity index (χ4n) is 2.87. The summed E-state index contributed by atoms with van der Waals surface area (Å²) in [4.78, 5) is 26.7. The Hall–Kier alpha value is -2.93. The van der Waals surface area contributed by atoms with Gasteiger partial charge >= 0.3 is 0 Å². The van der Waals surface area contributed by atoms with Crippen LogP contribution in [0.25, 0.3) is 0 Å². The lowest BCUT2D eigenvalue weighted by molar-refractivity contribution is -0.115. The van der Waals surface area contributed by atoms with Gasteiger partial charge in [-0.25, -0.2) is 4.39 Å². The third kappa shape index (κ3) is 4.83. The van der Waals surface area contributed by atoms with Gasteiger partial charge in [0, 0.05) is 18.7 Å². The van der Waals surface area contributed by atoms with Gasteiger partial charge < -0.3 is 19.7 Å². The first-order valence-corrected chi connectivity index (χ1v) is 8.66. The molecule has 0 radical (unpaired) electrons. The summed E-state index contributed by atoms with van der Waals surface area (Å²) < 4.78 is 23.5. The first-order chi connectivity index (χ1) is 13.1. The van der Waals surface area contributed by atoms with Crippen molar-refractivity contribution in [3.05, 3.63) is 59.4 Å². The Balaban J connectivity index is 1.73. The maximum atomic E-state index is 13.0. The van der Waals surface area contributed by atoms with Crippen LogP contribution in [0.1, 0.15) is 15.9 Å². The second kappa shape index (κ2) is 8.64. The number of carbonyl (C=O) groups excluding carboxylic acids is 2. The maximum Gasteiger partial charge on any atom is 0.254 e. The Labute approximate surface area is 156 Å². The van der Waals surface area contributed by atoms with Crippen LogP contribution in [0, 0.1) is 5.82 Å². The molecule has 0 aliphatic carbocycles. The summed E-state index contributed by atoms with van der Waals surface area (Å²) in [6.07, 6.45) is 0.0884. The first-order valence-electron chi connectivity index (χ1n) is 8.66. The first kappa shape index (κ1) is 18.8. The molecular formula is C20H21FN2O4. The molecule has 1 fully saturated rings. The Bertz CT molecular complexity index is 817. The average molecular weight is 372 g/mol. The van der Waals surface area contributed by atoms with Crippen LogP contribution in [0.4, 0.5) is 10.1 Å². The number of benzene rings is 2. The average Bonchev–Trinajstić information content (AvgIpc) is 2.70. The molecule has 27 heavy (non-hydrogen) atoms. The highest BCUT2D eigenvalue weighted by atomic mass is 19.1. The number of nitrogens with one attached hydrogen (secondary N) is 1. The molecule has 0 atom stereocenters. The van der Waals surface area contributed by atoms with Crippen LogP contribution in [0.15, 0.2) is 42.5 Å². The summed E-state index contributed by atoms with van der Waals surface area (Å²) >= 11 is 0. The molecule has 1 aliphatic heterocycles. The molecule has 2 aromatic rings. The summed E-state index contributed by atoms with van der Waals surface area (Å²) in [5.41, 5.74) is 1.58. The van der Waals surface area contributed by atoms with Crippen molar-refractivity contribution in [1.29, 1.82) is 0 Å². The molecule has 1 N–H and O–H groups in total. The van der Waals surface area contributed by atoms with Crippen molar-refractivity contribution in [3.63, 3.8) is 0 Å². The lowest BCUT2D eigenvalue weighted by atomic mass is 10.1. The number of hydrogen-bond donors (Lipinski definition) is 1. The largest absolute Gasteiger partial charge is 0.495 e. The van der Waals surface area contributed by atoms with Crippen LogP contribution in [0.5, 0.6) is 5.75 Å². The van der Waals surface area contributed by atoms with Gasteiger partial charge in [0.2, 0.25) is 5.91 Å². The Morgan fingerprint density at radius 1 is 1.15 bits per heavy atom. The molecule has 2 aromatic carbocycles. The topological polar surface area (TPSA) is 67.9 Å². The van der Waals surface area contributed by atoms with Crippen LogP contribution in [0.2, 0.25) is 0 Å². The van der Waals surface area contributed by atoms with Gasteiger partial charge in [-0.1, -0.05) is 12.1 Å². The van der Waals surface area contributed by atoms with E-state index in [4.69, 9.17) is 9.47 Å². The monoisotopic (exact) mass is 372 g/mol. The molecule has 7 heteroatoms. The van der Waals surface area contributed by atoms with E-state index in [9.17, 15) is 14.0 Å². The SMILES string of the molecule is COc1ccc(C(=O)N2CCOCC2)cc1NC(=O)Cc1ccc(F)cc1. The van der Waals surface area contributed by atoms with Gasteiger partial charge in [-0.05, 0) is 35.9 Å². The second-order valence-electron chi connectivity index (χ2n) is 6.17. The highest BCUT2D eigenvalue weighted by molar-refractivity contribution is 5.98. The predicted octanol–water partition coefficient (Wildman–Crippen LogP) is 2.49. The number of morpholine rings is 1. The summed E-state index contributed by atoms with van der Waals surface area (Å²) in [7, 11) is 1.49. The van der Waals surface area contributed by atoms with Crippen molar-refractivity contribution >= 4 is 17.5 Å². The lowest BCUT2D eigenvalue weighted by Crippen LogP contribution is -2.40. The number of carbonyl (C=O) groups is 2. The van der Waals surface area contributed by atoms with Crippen LogP contribution in [-0.2, 0) is 16.0 Å². The van der Waals surface area contributed by atoms with Gasteiger partial charge in [0.1, 0.15) is 11.6 Å². The second-order valence-corrected chi connectivity index (χ2v) is 6.17. The molecule has 0 spiro atoms. The number of anilines is 1. The van der Waals surface area contributed by atoms with E-state index in [-0.39, 0.29) is 24.1 Å². The van der Waals surface area contributed by atoms with Gasteiger partial charge in [0.25, 0.3) is 5.91 Å². The molecule has 2 amide bonds. The zero-order valence-corrected chi connectivity index (χ0v) is 15.0. The third-order valence-electron chi connectivity index (χ3n) is 4.30. The Kier molecular flexibility index (Phi) is 6.03. The quantitative estimate of drug-likeness (QED) is 0.876. The molecule has 6 nitrogen and oxygen atoms in total. The summed E-state index contributed by atoms with van der Waals surface area (Å²) in [6, 6.07) is 10.7. The smallest absolute Gasteiger partial charge is 0.254 e. The molecule has 142 valence electrons. The minimum atomic E-state index is -0.352. The van der Waals surface area contributed by atoms with Crippen LogP contribution in [0.3, 0.4) is 0 Å². The molecule has 3 rings (SSSR count). The van der Waals surface area contributed by atoms with Crippen molar-refractivity contribution in [2.45, 2.75) is 6.42 Å². The summed E-state index contributed by atoms with van der Waals surface area (Å²) in [5.74, 6) is -0.290. The van der Waals surface area contributed by atoms with Gasteiger partial charge in [-0.15, -0.1) is 0 Å². The van der Waals surface area contributed by atoms with Crippen LogP contribution in [-0.4, -0.2) is 50.1 Å². The highest BCUT2D eigenvalue weighted by Crippen LogP contribution is 2.26. The van der Waals surface area contributed by atoms with Crippen molar-refractivity contribution in [1.82, 2.24) is 4.90 Å². The third-order valence-corrected chi connectivity index (χ3v) is 4.30. The fourth-order valence-corrected chi connectivity index (χ4v) is 2.87. The van der Waals surface area contributed by atoms with Crippen LogP contribution < -0.4 is 10.1 Å². The van der Waals surface area contributed by atoms with E-state index in [1.807, 2.05) is 0 Å². The minimum absolute atomic E-state index is 0.0884. The molecule has 0 saturated carbocycles. The number of halogens is 1. The van der Waals surface area contributed by atoms with E-state index < -0.39 is 0 Å². The molecule has 1 heterocycles. The van der Waals surface area contributed by atoms with Crippen molar-refractivity contribution in [2.24, 2.45) is 0 Å². The Morgan fingerprint density at radius 3 is 2.52 bits per heavy atom. The number of rotatable bonds is 5. The number of nitrogens with zero attached hydrogens (tertiary/aromatic N) is 1. The summed E-state index contributed by atoms with van der Waals surface area (Å²) in [6.45, 7) is 2.11. The minimum Gasteiger partial charge on any atom is -0.495 e. The predicted molar refractivity (Wildman–Crippen MR) is 98.5 cm³/mol. The maximum absolute atomic E-state index is 13.0. The summed E-state index contributed by atoms with van der Waals surface area (Å²) in [5, 5.41) is 2.77. The van der Waals surface area contributed by atoms with E-state index in [0.29, 0.717) is 48.9 Å². The normalized spacial score (nSPS) is 13.9. The van der Waals surface area contributed by atoms with Gasteiger partial charge in [-0.2, -0.15) is 0 Å². The Morgan fingerprint density at radius 2 is 1.85 bits per heavy atom. The van der Waals surface area contributed by atoms with Crippen molar-refractivity contribution in [2.75, 3.05) is 38.7 Å². The van der Waals surface area contributed by atoms with Crippen molar-refractivity contribution < 1.29 is 23.5 Å². The van der Waals surface area contributed by atoms with Gasteiger partial charge in [0.05, 0.1) is 32.4 Å².